The fraction of sp³-hybridized carbons (Fsp3) is 0.300. The first-order valence-electron chi connectivity index (χ1n) is 8.67. The van der Waals surface area contributed by atoms with Crippen molar-refractivity contribution in [3.05, 3.63) is 42.5 Å². The summed E-state index contributed by atoms with van der Waals surface area (Å²) in [5, 5.41) is 10.6. The Morgan fingerprint density at radius 1 is 1.19 bits per heavy atom. The van der Waals surface area contributed by atoms with Crippen molar-refractivity contribution >= 4 is 28.4 Å². The van der Waals surface area contributed by atoms with Crippen LogP contribution in [0.25, 0.3) is 22.2 Å². The van der Waals surface area contributed by atoms with Crippen molar-refractivity contribution in [3.63, 3.8) is 0 Å². The van der Waals surface area contributed by atoms with E-state index in [1.54, 1.807) is 28.8 Å². The number of nitrogens with zero attached hydrogens (tertiary/aromatic N) is 1. The van der Waals surface area contributed by atoms with E-state index in [4.69, 9.17) is 0 Å². The first-order chi connectivity index (χ1) is 12.4. The molecule has 0 saturated carbocycles. The zero-order valence-electron chi connectivity index (χ0n) is 14.4. The Morgan fingerprint density at radius 2 is 2.04 bits per heavy atom. The Bertz CT molecular complexity index is 954. The Labute approximate surface area is 155 Å². The van der Waals surface area contributed by atoms with Gasteiger partial charge >= 0.3 is 0 Å². The molecule has 6 heteroatoms. The highest BCUT2D eigenvalue weighted by Crippen LogP contribution is 2.39. The quantitative estimate of drug-likeness (QED) is 0.593. The fourth-order valence-corrected chi connectivity index (χ4v) is 4.17. The van der Waals surface area contributed by atoms with Gasteiger partial charge in [0, 0.05) is 45.7 Å². The minimum absolute atomic E-state index is 0.113. The first-order valence-corrected chi connectivity index (χ1v) is 9.65. The number of anilines is 1. The molecule has 0 atom stereocenters. The van der Waals surface area contributed by atoms with Gasteiger partial charge in [-0.05, 0) is 48.2 Å². The molecule has 1 saturated heterocycles. The number of fused-ring (bicyclic) bond motifs is 1. The summed E-state index contributed by atoms with van der Waals surface area (Å²) in [7, 11) is 0. The normalized spacial score (nSPS) is 16.5. The standard InChI is InChI=1S/C20H20F2N2OS/c1-2-26-15-4-6-19(24-8-7-20(21,22)12-24)16(11-15)18-10-13-9-14(25)3-5-17(13)23-18/h3-6,9-11,23,25H,2,7-8,12H2,1H3. The van der Waals surface area contributed by atoms with Crippen molar-refractivity contribution in [2.24, 2.45) is 0 Å². The van der Waals surface area contributed by atoms with Gasteiger partial charge in [0.1, 0.15) is 5.75 Å². The number of alkyl halides is 2. The van der Waals surface area contributed by atoms with Crippen LogP contribution in [0.3, 0.4) is 0 Å². The Morgan fingerprint density at radius 3 is 2.77 bits per heavy atom. The molecule has 0 bridgehead atoms. The van der Waals surface area contributed by atoms with Crippen LogP contribution in [0.4, 0.5) is 14.5 Å². The third kappa shape index (κ3) is 3.26. The van der Waals surface area contributed by atoms with E-state index in [1.165, 1.54) is 0 Å². The molecule has 3 nitrogen and oxygen atoms in total. The summed E-state index contributed by atoms with van der Waals surface area (Å²) >= 11 is 1.72. The predicted molar refractivity (Wildman–Crippen MR) is 104 cm³/mol. The van der Waals surface area contributed by atoms with Gasteiger partial charge in [-0.15, -0.1) is 11.8 Å². The summed E-state index contributed by atoms with van der Waals surface area (Å²) in [6.45, 7) is 2.19. The molecule has 0 amide bonds. The highest BCUT2D eigenvalue weighted by Gasteiger charge is 2.39. The number of hydrogen-bond donors (Lipinski definition) is 2. The van der Waals surface area contributed by atoms with Gasteiger partial charge in [-0.3, -0.25) is 0 Å². The van der Waals surface area contributed by atoms with Gasteiger partial charge in [0.2, 0.25) is 0 Å². The first kappa shape index (κ1) is 17.2. The van der Waals surface area contributed by atoms with E-state index in [2.05, 4.69) is 18.0 Å². The number of rotatable bonds is 4. The van der Waals surface area contributed by atoms with Crippen LogP contribution in [0.15, 0.2) is 47.4 Å². The van der Waals surface area contributed by atoms with Crippen LogP contribution in [0.1, 0.15) is 13.3 Å². The number of aromatic nitrogens is 1. The van der Waals surface area contributed by atoms with E-state index in [0.29, 0.717) is 6.54 Å². The fourth-order valence-electron chi connectivity index (χ4n) is 3.47. The van der Waals surface area contributed by atoms with Crippen LogP contribution < -0.4 is 4.90 Å². The number of thioether (sulfide) groups is 1. The molecule has 0 spiro atoms. The van der Waals surface area contributed by atoms with E-state index in [9.17, 15) is 13.9 Å². The maximum absolute atomic E-state index is 13.7. The van der Waals surface area contributed by atoms with Crippen LogP contribution in [0, 0.1) is 0 Å². The second-order valence-corrected chi connectivity index (χ2v) is 7.93. The summed E-state index contributed by atoms with van der Waals surface area (Å²) < 4.78 is 27.5. The average molecular weight is 374 g/mol. The molecular weight excluding hydrogens is 354 g/mol. The van der Waals surface area contributed by atoms with E-state index in [1.807, 2.05) is 24.3 Å². The minimum atomic E-state index is -2.64. The number of benzene rings is 2. The monoisotopic (exact) mass is 374 g/mol. The zero-order chi connectivity index (χ0) is 18.3. The third-order valence-electron chi connectivity index (χ3n) is 4.68. The van der Waals surface area contributed by atoms with E-state index in [-0.39, 0.29) is 18.7 Å². The Hall–Kier alpha value is -2.21. The lowest BCUT2D eigenvalue weighted by Crippen LogP contribution is -2.25. The van der Waals surface area contributed by atoms with Gasteiger partial charge in [-0.2, -0.15) is 0 Å². The van der Waals surface area contributed by atoms with Gasteiger partial charge in [-0.25, -0.2) is 8.78 Å². The summed E-state index contributed by atoms with van der Waals surface area (Å²) in [4.78, 5) is 6.23. The Kier molecular flexibility index (Phi) is 4.31. The van der Waals surface area contributed by atoms with Crippen molar-refractivity contribution in [3.8, 4) is 17.0 Å². The number of halogens is 2. The lowest BCUT2D eigenvalue weighted by molar-refractivity contribution is 0.0257. The van der Waals surface area contributed by atoms with Crippen LogP contribution >= 0.6 is 11.8 Å². The molecule has 136 valence electrons. The third-order valence-corrected chi connectivity index (χ3v) is 5.56. The van der Waals surface area contributed by atoms with Crippen molar-refractivity contribution < 1.29 is 13.9 Å². The highest BCUT2D eigenvalue weighted by atomic mass is 32.2. The van der Waals surface area contributed by atoms with Gasteiger partial charge in [0.25, 0.3) is 5.92 Å². The van der Waals surface area contributed by atoms with Crippen LogP contribution in [0.2, 0.25) is 0 Å². The molecule has 1 fully saturated rings. The molecule has 1 aliphatic rings. The maximum atomic E-state index is 13.7. The number of phenols is 1. The molecule has 26 heavy (non-hydrogen) atoms. The lowest BCUT2D eigenvalue weighted by atomic mass is 10.1. The van der Waals surface area contributed by atoms with Crippen molar-refractivity contribution in [2.45, 2.75) is 24.2 Å². The summed E-state index contributed by atoms with van der Waals surface area (Å²) in [6, 6.07) is 13.1. The zero-order valence-corrected chi connectivity index (χ0v) is 15.2. The smallest absolute Gasteiger partial charge is 0.266 e. The molecule has 2 heterocycles. The average Bonchev–Trinajstić information content (AvgIpc) is 3.17. The number of H-pyrrole nitrogens is 1. The highest BCUT2D eigenvalue weighted by molar-refractivity contribution is 7.99. The molecule has 0 unspecified atom stereocenters. The Balaban J connectivity index is 1.82. The molecule has 2 aromatic carbocycles. The van der Waals surface area contributed by atoms with E-state index in [0.717, 1.165) is 38.5 Å². The maximum Gasteiger partial charge on any atom is 0.266 e. The number of aromatic hydroxyl groups is 1. The number of aromatic amines is 1. The predicted octanol–water partition coefficient (Wildman–Crippen LogP) is 5.50. The molecule has 1 aromatic heterocycles. The van der Waals surface area contributed by atoms with Crippen LogP contribution in [-0.4, -0.2) is 34.9 Å². The van der Waals surface area contributed by atoms with Crippen molar-refractivity contribution in [2.75, 3.05) is 23.7 Å². The van der Waals surface area contributed by atoms with E-state index < -0.39 is 5.92 Å². The molecular formula is C20H20F2N2OS. The van der Waals surface area contributed by atoms with Crippen molar-refractivity contribution in [1.29, 1.82) is 0 Å². The van der Waals surface area contributed by atoms with E-state index >= 15 is 0 Å². The lowest BCUT2D eigenvalue weighted by Gasteiger charge is -2.22. The molecule has 1 aliphatic heterocycles. The van der Waals surface area contributed by atoms with Crippen LogP contribution in [0.5, 0.6) is 5.75 Å². The minimum Gasteiger partial charge on any atom is -0.508 e. The molecule has 0 aliphatic carbocycles. The number of nitrogens with one attached hydrogen (secondary N) is 1. The molecule has 3 aromatic rings. The summed E-state index contributed by atoms with van der Waals surface area (Å²) in [5.41, 5.74) is 3.51. The van der Waals surface area contributed by atoms with Gasteiger partial charge in [0.05, 0.1) is 6.54 Å². The van der Waals surface area contributed by atoms with Gasteiger partial charge in [0.15, 0.2) is 0 Å². The molecule has 0 radical (unpaired) electrons. The number of hydrogen-bond acceptors (Lipinski definition) is 3. The second-order valence-electron chi connectivity index (χ2n) is 6.59. The number of phenolic OH excluding ortho intramolecular Hbond substituents is 1. The summed E-state index contributed by atoms with van der Waals surface area (Å²) in [6.07, 6.45) is -0.113. The second kappa shape index (κ2) is 6.50. The van der Waals surface area contributed by atoms with Crippen LogP contribution in [-0.2, 0) is 0 Å². The SMILES string of the molecule is CCSc1ccc(N2CCC(F)(F)C2)c(-c2cc3cc(O)ccc3[nH]2)c1. The molecule has 2 N–H and O–H groups in total. The van der Waals surface area contributed by atoms with Crippen molar-refractivity contribution in [1.82, 2.24) is 4.98 Å². The topological polar surface area (TPSA) is 39.3 Å². The summed E-state index contributed by atoms with van der Waals surface area (Å²) in [5.74, 6) is -1.49. The van der Waals surface area contributed by atoms with Gasteiger partial charge < -0.3 is 15.0 Å². The molecule has 4 rings (SSSR count). The van der Waals surface area contributed by atoms with Gasteiger partial charge in [-0.1, -0.05) is 6.92 Å². The largest absolute Gasteiger partial charge is 0.508 e.